The van der Waals surface area contributed by atoms with Crippen LogP contribution in [-0.2, 0) is 0 Å². The quantitative estimate of drug-likeness (QED) is 0.659. The number of hydrogen-bond acceptors (Lipinski definition) is 3. The number of nitrogens with one attached hydrogen (secondary N) is 2. The number of aromatic hydroxyl groups is 1. The van der Waals surface area contributed by atoms with Gasteiger partial charge in [-0.2, -0.15) is 0 Å². The summed E-state index contributed by atoms with van der Waals surface area (Å²) in [5, 5.41) is 13.0. The first-order valence-corrected chi connectivity index (χ1v) is 5.74. The molecule has 0 bridgehead atoms. The molecule has 18 heavy (non-hydrogen) atoms. The van der Waals surface area contributed by atoms with Crippen molar-refractivity contribution in [2.45, 2.75) is 19.4 Å². The molecule has 1 aromatic heterocycles. The Morgan fingerprint density at radius 2 is 2.22 bits per heavy atom. The molecule has 0 atom stereocenters. The fraction of sp³-hybridized carbons (Fsp3) is 0.308. The molecular weight excluding hydrogens is 230 g/mol. The highest BCUT2D eigenvalue weighted by Crippen LogP contribution is 2.24. The smallest absolute Gasteiger partial charge is 0.267 e. The Bertz CT molecular complexity index is 581. The molecule has 1 amide bonds. The number of hydrogen-bond donors (Lipinski definition) is 4. The molecule has 0 radical (unpaired) electrons. The van der Waals surface area contributed by atoms with E-state index in [0.29, 0.717) is 17.6 Å². The van der Waals surface area contributed by atoms with Gasteiger partial charge in [0.1, 0.15) is 11.4 Å². The predicted molar refractivity (Wildman–Crippen MR) is 70.6 cm³/mol. The van der Waals surface area contributed by atoms with Crippen molar-refractivity contribution in [1.82, 2.24) is 10.3 Å². The van der Waals surface area contributed by atoms with Crippen LogP contribution in [-0.4, -0.2) is 28.1 Å². The summed E-state index contributed by atoms with van der Waals surface area (Å²) in [7, 11) is 0. The second kappa shape index (κ2) is 4.34. The zero-order valence-corrected chi connectivity index (χ0v) is 10.4. The molecule has 1 aromatic carbocycles. The van der Waals surface area contributed by atoms with Gasteiger partial charge in [0.25, 0.3) is 5.91 Å². The van der Waals surface area contributed by atoms with Crippen LogP contribution in [0.15, 0.2) is 24.3 Å². The van der Waals surface area contributed by atoms with Gasteiger partial charge in [0, 0.05) is 23.0 Å². The molecule has 2 rings (SSSR count). The number of aromatic amines is 1. The Morgan fingerprint density at radius 1 is 1.50 bits per heavy atom. The van der Waals surface area contributed by atoms with Crippen molar-refractivity contribution >= 4 is 16.8 Å². The Morgan fingerprint density at radius 3 is 2.83 bits per heavy atom. The highest BCUT2D eigenvalue weighted by atomic mass is 16.3. The summed E-state index contributed by atoms with van der Waals surface area (Å²) in [6.07, 6.45) is 0. The van der Waals surface area contributed by atoms with E-state index in [0.717, 1.165) is 5.52 Å². The monoisotopic (exact) mass is 247 g/mol. The molecule has 2 aromatic rings. The molecule has 5 N–H and O–H groups in total. The molecule has 0 fully saturated rings. The van der Waals surface area contributed by atoms with E-state index in [1.807, 2.05) is 13.8 Å². The van der Waals surface area contributed by atoms with Crippen LogP contribution in [0, 0.1) is 0 Å². The van der Waals surface area contributed by atoms with Crippen LogP contribution in [0.1, 0.15) is 24.3 Å². The van der Waals surface area contributed by atoms with Crippen molar-refractivity contribution < 1.29 is 9.90 Å². The number of H-pyrrole nitrogens is 1. The van der Waals surface area contributed by atoms with Crippen molar-refractivity contribution in [2.75, 3.05) is 6.54 Å². The second-order valence-electron chi connectivity index (χ2n) is 5.09. The number of rotatable bonds is 3. The molecule has 0 unspecified atom stereocenters. The summed E-state index contributed by atoms with van der Waals surface area (Å²) in [5.41, 5.74) is 6.48. The molecule has 0 spiro atoms. The van der Waals surface area contributed by atoms with Gasteiger partial charge >= 0.3 is 0 Å². The van der Waals surface area contributed by atoms with Gasteiger partial charge in [-0.15, -0.1) is 0 Å². The summed E-state index contributed by atoms with van der Waals surface area (Å²) in [4.78, 5) is 14.9. The van der Waals surface area contributed by atoms with E-state index in [1.165, 1.54) is 0 Å². The lowest BCUT2D eigenvalue weighted by molar-refractivity contribution is 0.0942. The molecule has 0 saturated heterocycles. The normalized spacial score (nSPS) is 11.7. The van der Waals surface area contributed by atoms with Crippen LogP contribution in [0.25, 0.3) is 10.9 Å². The third-order valence-electron chi connectivity index (χ3n) is 2.59. The fourth-order valence-electron chi connectivity index (χ4n) is 1.66. The van der Waals surface area contributed by atoms with Crippen molar-refractivity contribution in [3.8, 4) is 5.75 Å². The molecular formula is C13H17N3O2. The van der Waals surface area contributed by atoms with E-state index >= 15 is 0 Å². The third-order valence-corrected chi connectivity index (χ3v) is 2.59. The molecule has 0 aliphatic rings. The Hall–Kier alpha value is -2.01. The Kier molecular flexibility index (Phi) is 3.00. The molecule has 5 nitrogen and oxygen atoms in total. The van der Waals surface area contributed by atoms with E-state index in [4.69, 9.17) is 5.73 Å². The minimum Gasteiger partial charge on any atom is -0.507 e. The number of nitrogens with two attached hydrogens (primary N) is 1. The maximum atomic E-state index is 11.9. The first-order chi connectivity index (χ1) is 8.37. The van der Waals surface area contributed by atoms with Crippen LogP contribution in [0.4, 0.5) is 0 Å². The van der Waals surface area contributed by atoms with Crippen LogP contribution >= 0.6 is 0 Å². The SMILES string of the molecule is CC(C)(N)CNC(=O)c1cc2c(O)cccc2[nH]1. The number of aromatic nitrogens is 1. The summed E-state index contributed by atoms with van der Waals surface area (Å²) < 4.78 is 0. The van der Waals surface area contributed by atoms with E-state index in [2.05, 4.69) is 10.3 Å². The van der Waals surface area contributed by atoms with Crippen molar-refractivity contribution in [1.29, 1.82) is 0 Å². The van der Waals surface area contributed by atoms with E-state index in [9.17, 15) is 9.90 Å². The fourth-order valence-corrected chi connectivity index (χ4v) is 1.66. The van der Waals surface area contributed by atoms with Crippen LogP contribution in [0.5, 0.6) is 5.75 Å². The van der Waals surface area contributed by atoms with Gasteiger partial charge in [-0.05, 0) is 32.0 Å². The standard InChI is InChI=1S/C13H17N3O2/c1-13(2,14)7-15-12(18)10-6-8-9(16-10)4-3-5-11(8)17/h3-6,16-17H,7,14H2,1-2H3,(H,15,18). The summed E-state index contributed by atoms with van der Waals surface area (Å²) >= 11 is 0. The van der Waals surface area contributed by atoms with Crippen LogP contribution < -0.4 is 11.1 Å². The van der Waals surface area contributed by atoms with Gasteiger partial charge in [0.15, 0.2) is 0 Å². The molecule has 1 heterocycles. The van der Waals surface area contributed by atoms with Crippen LogP contribution in [0.2, 0.25) is 0 Å². The predicted octanol–water partition coefficient (Wildman–Crippen LogP) is 1.34. The molecule has 5 heteroatoms. The van der Waals surface area contributed by atoms with Gasteiger partial charge in [-0.1, -0.05) is 6.07 Å². The maximum absolute atomic E-state index is 11.9. The minimum absolute atomic E-state index is 0.155. The Balaban J connectivity index is 2.21. The van der Waals surface area contributed by atoms with Gasteiger partial charge in [-0.3, -0.25) is 4.79 Å². The molecule has 0 aliphatic heterocycles. The van der Waals surface area contributed by atoms with E-state index in [1.54, 1.807) is 24.3 Å². The molecule has 96 valence electrons. The zero-order valence-electron chi connectivity index (χ0n) is 10.4. The van der Waals surface area contributed by atoms with Crippen molar-refractivity contribution in [3.05, 3.63) is 30.0 Å². The van der Waals surface area contributed by atoms with Gasteiger partial charge in [0.05, 0.1) is 0 Å². The minimum atomic E-state index is -0.455. The number of amides is 1. The molecule has 0 saturated carbocycles. The highest BCUT2D eigenvalue weighted by Gasteiger charge is 2.15. The average Bonchev–Trinajstić information content (AvgIpc) is 2.70. The lowest BCUT2D eigenvalue weighted by Crippen LogP contribution is -2.45. The first kappa shape index (κ1) is 12.4. The summed E-state index contributed by atoms with van der Waals surface area (Å²) in [5.74, 6) is -0.0777. The topological polar surface area (TPSA) is 91.1 Å². The number of phenols is 1. The summed E-state index contributed by atoms with van der Waals surface area (Å²) in [6, 6.07) is 6.74. The number of benzene rings is 1. The zero-order chi connectivity index (χ0) is 13.3. The largest absolute Gasteiger partial charge is 0.507 e. The second-order valence-corrected chi connectivity index (χ2v) is 5.09. The summed E-state index contributed by atoms with van der Waals surface area (Å²) in [6.45, 7) is 4.06. The molecule has 0 aliphatic carbocycles. The number of phenolic OH excluding ortho intramolecular Hbond substituents is 1. The number of fused-ring (bicyclic) bond motifs is 1. The van der Waals surface area contributed by atoms with E-state index < -0.39 is 5.54 Å². The van der Waals surface area contributed by atoms with Crippen molar-refractivity contribution in [2.24, 2.45) is 5.73 Å². The maximum Gasteiger partial charge on any atom is 0.267 e. The van der Waals surface area contributed by atoms with E-state index in [-0.39, 0.29) is 11.7 Å². The number of carbonyl (C=O) groups excluding carboxylic acids is 1. The van der Waals surface area contributed by atoms with Crippen LogP contribution in [0.3, 0.4) is 0 Å². The van der Waals surface area contributed by atoms with Crippen molar-refractivity contribution in [3.63, 3.8) is 0 Å². The highest BCUT2D eigenvalue weighted by molar-refractivity contribution is 5.99. The third kappa shape index (κ3) is 2.62. The average molecular weight is 247 g/mol. The van der Waals surface area contributed by atoms with Gasteiger partial charge in [-0.25, -0.2) is 0 Å². The lowest BCUT2D eigenvalue weighted by Gasteiger charge is -2.18. The van der Waals surface area contributed by atoms with Gasteiger partial charge in [0.2, 0.25) is 0 Å². The van der Waals surface area contributed by atoms with Gasteiger partial charge < -0.3 is 21.1 Å². The lowest BCUT2D eigenvalue weighted by atomic mass is 10.1. The number of carbonyl (C=O) groups is 1. The Labute approximate surface area is 105 Å². The first-order valence-electron chi connectivity index (χ1n) is 5.74.